The SMILES string of the molecule is CCCC[N+]1(C)CCCC1C(c1ccccc1)C(O)Cc1ccccc1. The Labute approximate surface area is 159 Å². The van der Waals surface area contributed by atoms with Crippen molar-refractivity contribution in [3.05, 3.63) is 71.8 Å². The molecule has 1 fully saturated rings. The Kier molecular flexibility index (Phi) is 6.50. The van der Waals surface area contributed by atoms with Crippen LogP contribution in [-0.2, 0) is 6.42 Å². The van der Waals surface area contributed by atoms with Crippen molar-refractivity contribution in [3.63, 3.8) is 0 Å². The number of benzene rings is 2. The first kappa shape index (κ1) is 19.1. The minimum Gasteiger partial charge on any atom is -0.392 e. The van der Waals surface area contributed by atoms with Crippen LogP contribution in [0.25, 0.3) is 0 Å². The molecule has 0 radical (unpaired) electrons. The normalized spacial score (nSPS) is 25.1. The Balaban J connectivity index is 1.88. The van der Waals surface area contributed by atoms with Gasteiger partial charge in [-0.1, -0.05) is 74.0 Å². The molecule has 0 aliphatic carbocycles. The van der Waals surface area contributed by atoms with Crippen molar-refractivity contribution in [1.82, 2.24) is 0 Å². The summed E-state index contributed by atoms with van der Waals surface area (Å²) in [5.74, 6) is 0.195. The van der Waals surface area contributed by atoms with Gasteiger partial charge in [0.2, 0.25) is 0 Å². The highest BCUT2D eigenvalue weighted by atomic mass is 16.3. The Bertz CT molecular complexity index is 656. The molecule has 1 aliphatic rings. The molecule has 2 aromatic rings. The molecular weight excluding hydrogens is 318 g/mol. The van der Waals surface area contributed by atoms with E-state index in [0.29, 0.717) is 6.04 Å². The molecule has 26 heavy (non-hydrogen) atoms. The van der Waals surface area contributed by atoms with Crippen molar-refractivity contribution in [2.75, 3.05) is 20.1 Å². The minimum absolute atomic E-state index is 0.195. The molecule has 1 heterocycles. The van der Waals surface area contributed by atoms with Crippen LogP contribution in [-0.4, -0.2) is 41.9 Å². The van der Waals surface area contributed by atoms with Crippen molar-refractivity contribution in [2.45, 2.75) is 57.1 Å². The zero-order chi connectivity index (χ0) is 18.4. The largest absolute Gasteiger partial charge is 0.392 e. The summed E-state index contributed by atoms with van der Waals surface area (Å²) in [5.41, 5.74) is 2.52. The van der Waals surface area contributed by atoms with E-state index in [0.717, 1.165) is 10.9 Å². The van der Waals surface area contributed by atoms with Gasteiger partial charge in [0.05, 0.1) is 38.2 Å². The molecule has 1 saturated heterocycles. The van der Waals surface area contributed by atoms with Gasteiger partial charge in [0.15, 0.2) is 0 Å². The molecule has 0 saturated carbocycles. The predicted octanol–water partition coefficient (Wildman–Crippen LogP) is 4.78. The Morgan fingerprint density at radius 2 is 1.69 bits per heavy atom. The summed E-state index contributed by atoms with van der Waals surface area (Å²) in [6.45, 7) is 4.74. The van der Waals surface area contributed by atoms with Crippen LogP contribution in [0.5, 0.6) is 0 Å². The second-order valence-corrected chi connectivity index (χ2v) is 8.18. The number of aliphatic hydroxyl groups is 1. The van der Waals surface area contributed by atoms with E-state index in [1.165, 1.54) is 49.9 Å². The number of quaternary nitrogens is 1. The van der Waals surface area contributed by atoms with Gasteiger partial charge in [-0.15, -0.1) is 0 Å². The Morgan fingerprint density at radius 1 is 1.04 bits per heavy atom. The highest BCUT2D eigenvalue weighted by Crippen LogP contribution is 2.39. The number of rotatable bonds is 8. The molecule has 1 N–H and O–H groups in total. The molecule has 0 bridgehead atoms. The van der Waals surface area contributed by atoms with Crippen LogP contribution in [0.1, 0.15) is 49.7 Å². The van der Waals surface area contributed by atoms with Crippen LogP contribution in [0.15, 0.2) is 60.7 Å². The monoisotopic (exact) mass is 352 g/mol. The number of likely N-dealkylation sites (N-methyl/N-ethyl adjacent to an activating group) is 1. The van der Waals surface area contributed by atoms with E-state index in [-0.39, 0.29) is 12.0 Å². The summed E-state index contributed by atoms with van der Waals surface area (Å²) in [4.78, 5) is 0. The van der Waals surface area contributed by atoms with Gasteiger partial charge in [-0.2, -0.15) is 0 Å². The van der Waals surface area contributed by atoms with E-state index in [4.69, 9.17) is 0 Å². The van der Waals surface area contributed by atoms with Gasteiger partial charge in [-0.05, 0) is 24.0 Å². The third-order valence-electron chi connectivity index (χ3n) is 6.29. The molecule has 140 valence electrons. The maximum Gasteiger partial charge on any atom is 0.0985 e. The molecule has 0 amide bonds. The van der Waals surface area contributed by atoms with Crippen LogP contribution in [0.3, 0.4) is 0 Å². The average molecular weight is 353 g/mol. The average Bonchev–Trinajstić information content (AvgIpc) is 3.04. The molecule has 0 aromatic heterocycles. The van der Waals surface area contributed by atoms with E-state index in [1.54, 1.807) is 0 Å². The van der Waals surface area contributed by atoms with E-state index >= 15 is 0 Å². The standard InChI is InChI=1S/C24H34NO/c1-3-4-17-25(2)18-11-16-22(25)24(21-14-9-6-10-15-21)23(26)19-20-12-7-5-8-13-20/h5-10,12-15,22-24,26H,3-4,11,16-19H2,1-2H3/q+1. The van der Waals surface area contributed by atoms with Gasteiger partial charge in [0, 0.05) is 12.8 Å². The van der Waals surface area contributed by atoms with Crippen LogP contribution in [0.4, 0.5) is 0 Å². The number of nitrogens with zero attached hydrogens (tertiary/aromatic N) is 1. The van der Waals surface area contributed by atoms with Gasteiger partial charge in [-0.25, -0.2) is 0 Å². The fraction of sp³-hybridized carbons (Fsp3) is 0.500. The van der Waals surface area contributed by atoms with Crippen molar-refractivity contribution >= 4 is 0 Å². The van der Waals surface area contributed by atoms with E-state index in [1.807, 2.05) is 6.07 Å². The maximum atomic E-state index is 11.3. The molecule has 4 unspecified atom stereocenters. The fourth-order valence-electron chi connectivity index (χ4n) is 4.86. The van der Waals surface area contributed by atoms with Crippen molar-refractivity contribution in [1.29, 1.82) is 0 Å². The zero-order valence-corrected chi connectivity index (χ0v) is 16.3. The summed E-state index contributed by atoms with van der Waals surface area (Å²) < 4.78 is 1.11. The van der Waals surface area contributed by atoms with Gasteiger partial charge in [0.1, 0.15) is 0 Å². The first-order valence-electron chi connectivity index (χ1n) is 10.2. The summed E-state index contributed by atoms with van der Waals surface area (Å²) in [6.07, 6.45) is 5.37. The Hall–Kier alpha value is -1.64. The number of aliphatic hydroxyl groups excluding tert-OH is 1. The summed E-state index contributed by atoms with van der Waals surface area (Å²) in [5, 5.41) is 11.3. The lowest BCUT2D eigenvalue weighted by Gasteiger charge is -2.42. The number of unbranched alkanes of at least 4 members (excludes halogenated alkanes) is 1. The molecule has 3 rings (SSSR count). The van der Waals surface area contributed by atoms with Crippen molar-refractivity contribution in [2.24, 2.45) is 0 Å². The maximum absolute atomic E-state index is 11.3. The fourth-order valence-corrected chi connectivity index (χ4v) is 4.86. The third kappa shape index (κ3) is 4.36. The van der Waals surface area contributed by atoms with E-state index < -0.39 is 0 Å². The summed E-state index contributed by atoms with van der Waals surface area (Å²) in [7, 11) is 2.42. The molecular formula is C24H34NO+. The third-order valence-corrected chi connectivity index (χ3v) is 6.29. The summed E-state index contributed by atoms with van der Waals surface area (Å²) in [6, 6.07) is 21.7. The van der Waals surface area contributed by atoms with Crippen molar-refractivity contribution < 1.29 is 9.59 Å². The second kappa shape index (κ2) is 8.83. The number of likely N-dealkylation sites (tertiary alicyclic amines) is 1. The number of hydrogen-bond donors (Lipinski definition) is 1. The molecule has 0 spiro atoms. The highest BCUT2D eigenvalue weighted by Gasteiger charge is 2.45. The molecule has 2 heteroatoms. The second-order valence-electron chi connectivity index (χ2n) is 8.18. The predicted molar refractivity (Wildman–Crippen MR) is 109 cm³/mol. The highest BCUT2D eigenvalue weighted by molar-refractivity contribution is 5.24. The molecule has 2 aromatic carbocycles. The first-order chi connectivity index (χ1) is 12.6. The van der Waals surface area contributed by atoms with Gasteiger partial charge >= 0.3 is 0 Å². The molecule has 4 atom stereocenters. The quantitative estimate of drug-likeness (QED) is 0.678. The zero-order valence-electron chi connectivity index (χ0n) is 16.3. The minimum atomic E-state index is -0.345. The molecule has 1 aliphatic heterocycles. The van der Waals surface area contributed by atoms with Crippen LogP contribution >= 0.6 is 0 Å². The van der Waals surface area contributed by atoms with Crippen molar-refractivity contribution in [3.8, 4) is 0 Å². The Morgan fingerprint density at radius 3 is 2.35 bits per heavy atom. The van der Waals surface area contributed by atoms with Gasteiger partial charge < -0.3 is 9.59 Å². The van der Waals surface area contributed by atoms with Gasteiger partial charge in [0.25, 0.3) is 0 Å². The van der Waals surface area contributed by atoms with E-state index in [9.17, 15) is 5.11 Å². The van der Waals surface area contributed by atoms with Gasteiger partial charge in [-0.3, -0.25) is 0 Å². The summed E-state index contributed by atoms with van der Waals surface area (Å²) >= 11 is 0. The lowest BCUT2D eigenvalue weighted by Crippen LogP contribution is -2.53. The lowest BCUT2D eigenvalue weighted by atomic mass is 9.82. The van der Waals surface area contributed by atoms with Crippen LogP contribution in [0.2, 0.25) is 0 Å². The first-order valence-corrected chi connectivity index (χ1v) is 10.2. The molecule has 2 nitrogen and oxygen atoms in total. The number of hydrogen-bond acceptors (Lipinski definition) is 1. The van der Waals surface area contributed by atoms with Crippen LogP contribution in [0, 0.1) is 0 Å². The van der Waals surface area contributed by atoms with E-state index in [2.05, 4.69) is 68.6 Å². The smallest absolute Gasteiger partial charge is 0.0985 e. The topological polar surface area (TPSA) is 20.2 Å². The lowest BCUT2D eigenvalue weighted by molar-refractivity contribution is -0.923. The van der Waals surface area contributed by atoms with Crippen LogP contribution < -0.4 is 0 Å².